The molecule has 2 unspecified atom stereocenters. The molecule has 0 aromatic heterocycles. The molecule has 0 amide bonds. The highest BCUT2D eigenvalue weighted by atomic mass is 15.0. The maximum Gasteiger partial charge on any atom is -0.00247 e. The first-order valence-corrected chi connectivity index (χ1v) is 8.93. The number of unbranched alkanes of at least 4 members (excludes halogenated alkanes) is 2. The van der Waals surface area contributed by atoms with Gasteiger partial charge in [-0.2, -0.15) is 0 Å². The number of hydrogen-bond acceptors (Lipinski definition) is 1. The minimum absolute atomic E-state index is 0.769. The van der Waals surface area contributed by atoms with E-state index in [2.05, 4.69) is 58.5 Å². The van der Waals surface area contributed by atoms with Crippen molar-refractivity contribution in [2.24, 2.45) is 11.8 Å². The normalized spacial score (nSPS) is 14.8. The number of allylic oxidation sites excluding steroid dienone is 3. The van der Waals surface area contributed by atoms with Gasteiger partial charge in [0.25, 0.3) is 0 Å². The average Bonchev–Trinajstić information content (AvgIpc) is 2.42. The monoisotopic (exact) mass is 293 g/mol. The Morgan fingerprint density at radius 3 is 2.33 bits per heavy atom. The molecule has 0 spiro atoms. The van der Waals surface area contributed by atoms with E-state index in [1.165, 1.54) is 63.5 Å². The minimum atomic E-state index is 0.769. The smallest absolute Gasteiger partial charge is 0.00247 e. The topological polar surface area (TPSA) is 3.24 Å². The quantitative estimate of drug-likeness (QED) is 0.294. The molecule has 0 radical (unpaired) electrons. The van der Waals surface area contributed by atoms with Crippen LogP contribution in [0.15, 0.2) is 24.3 Å². The van der Waals surface area contributed by atoms with Crippen LogP contribution in [0.3, 0.4) is 0 Å². The van der Waals surface area contributed by atoms with Crippen LogP contribution in [0.4, 0.5) is 0 Å². The van der Waals surface area contributed by atoms with Gasteiger partial charge in [-0.1, -0.05) is 51.5 Å². The molecular formula is C20H39N. The van der Waals surface area contributed by atoms with E-state index in [1.54, 1.807) is 0 Å². The molecule has 0 aliphatic rings. The lowest BCUT2D eigenvalue weighted by molar-refractivity contribution is 0.358. The van der Waals surface area contributed by atoms with E-state index < -0.39 is 0 Å². The van der Waals surface area contributed by atoms with Crippen molar-refractivity contribution >= 4 is 0 Å². The second-order valence-corrected chi connectivity index (χ2v) is 7.01. The molecule has 0 bridgehead atoms. The minimum Gasteiger partial charge on any atom is -0.309 e. The van der Waals surface area contributed by atoms with Gasteiger partial charge in [0.2, 0.25) is 0 Å². The summed E-state index contributed by atoms with van der Waals surface area (Å²) < 4.78 is 0. The molecule has 0 rings (SSSR count). The fourth-order valence-electron chi connectivity index (χ4n) is 2.61. The average molecular weight is 294 g/mol. The van der Waals surface area contributed by atoms with Crippen LogP contribution in [-0.2, 0) is 0 Å². The maximum atomic E-state index is 4.29. The highest BCUT2D eigenvalue weighted by molar-refractivity contribution is 4.96. The highest BCUT2D eigenvalue weighted by Crippen LogP contribution is 2.25. The van der Waals surface area contributed by atoms with Crippen molar-refractivity contribution < 1.29 is 0 Å². The van der Waals surface area contributed by atoms with E-state index in [4.69, 9.17) is 0 Å². The van der Waals surface area contributed by atoms with Gasteiger partial charge in [-0.05, 0) is 77.4 Å². The van der Waals surface area contributed by atoms with Gasteiger partial charge in [-0.15, -0.1) is 0 Å². The number of rotatable bonds is 13. The van der Waals surface area contributed by atoms with Crippen molar-refractivity contribution in [1.29, 1.82) is 0 Å². The molecule has 0 aliphatic carbocycles. The van der Waals surface area contributed by atoms with Gasteiger partial charge in [0.15, 0.2) is 0 Å². The molecule has 0 fully saturated rings. The first kappa shape index (κ1) is 20.4. The van der Waals surface area contributed by atoms with Gasteiger partial charge in [-0.25, -0.2) is 0 Å². The Morgan fingerprint density at radius 2 is 1.71 bits per heavy atom. The molecule has 124 valence electrons. The van der Waals surface area contributed by atoms with Gasteiger partial charge in [0, 0.05) is 0 Å². The van der Waals surface area contributed by atoms with Crippen molar-refractivity contribution in [3.05, 3.63) is 24.3 Å². The van der Waals surface area contributed by atoms with Crippen LogP contribution in [0.5, 0.6) is 0 Å². The van der Waals surface area contributed by atoms with Crippen LogP contribution in [-0.4, -0.2) is 25.5 Å². The predicted molar refractivity (Wildman–Crippen MR) is 97.8 cm³/mol. The van der Waals surface area contributed by atoms with Crippen molar-refractivity contribution in [3.63, 3.8) is 0 Å². The molecule has 0 aliphatic heterocycles. The van der Waals surface area contributed by atoms with Crippen molar-refractivity contribution in [1.82, 2.24) is 4.90 Å². The molecule has 0 N–H and O–H groups in total. The van der Waals surface area contributed by atoms with E-state index in [0.717, 1.165) is 11.8 Å². The zero-order valence-corrected chi connectivity index (χ0v) is 15.3. The van der Waals surface area contributed by atoms with Gasteiger partial charge >= 0.3 is 0 Å². The van der Waals surface area contributed by atoms with Crippen LogP contribution in [0.1, 0.15) is 72.1 Å². The third kappa shape index (κ3) is 12.9. The summed E-state index contributed by atoms with van der Waals surface area (Å²) in [6, 6.07) is 0. The van der Waals surface area contributed by atoms with E-state index in [-0.39, 0.29) is 0 Å². The fourth-order valence-corrected chi connectivity index (χ4v) is 2.61. The lowest BCUT2D eigenvalue weighted by Crippen LogP contribution is -2.13. The molecular weight excluding hydrogens is 254 g/mol. The van der Waals surface area contributed by atoms with Crippen molar-refractivity contribution in [2.45, 2.75) is 72.1 Å². The van der Waals surface area contributed by atoms with E-state index in [1.807, 2.05) is 0 Å². The molecule has 1 nitrogen and oxygen atoms in total. The van der Waals surface area contributed by atoms with Crippen LogP contribution >= 0.6 is 0 Å². The summed E-state index contributed by atoms with van der Waals surface area (Å²) in [6.07, 6.45) is 14.7. The SMILES string of the molecule is C=C(CCCCN(C)C)CC(C)C(C)CC/C=C\CCC. The van der Waals surface area contributed by atoms with E-state index in [9.17, 15) is 0 Å². The molecule has 0 saturated heterocycles. The van der Waals surface area contributed by atoms with Gasteiger partial charge in [0.1, 0.15) is 0 Å². The summed E-state index contributed by atoms with van der Waals surface area (Å²) in [7, 11) is 4.29. The van der Waals surface area contributed by atoms with Crippen LogP contribution in [0.25, 0.3) is 0 Å². The third-order valence-corrected chi connectivity index (χ3v) is 4.38. The number of nitrogens with zero attached hydrogens (tertiary/aromatic N) is 1. The van der Waals surface area contributed by atoms with Gasteiger partial charge < -0.3 is 4.90 Å². The van der Waals surface area contributed by atoms with Crippen molar-refractivity contribution in [3.8, 4) is 0 Å². The zero-order chi connectivity index (χ0) is 16.1. The summed E-state index contributed by atoms with van der Waals surface area (Å²) >= 11 is 0. The fraction of sp³-hybridized carbons (Fsp3) is 0.800. The predicted octanol–water partition coefficient (Wildman–Crippen LogP) is 6.07. The van der Waals surface area contributed by atoms with Crippen LogP contribution in [0, 0.1) is 11.8 Å². The molecule has 0 heterocycles. The summed E-state index contributed by atoms with van der Waals surface area (Å²) in [6.45, 7) is 12.5. The van der Waals surface area contributed by atoms with Gasteiger partial charge in [-0.3, -0.25) is 0 Å². The second kappa shape index (κ2) is 13.1. The summed E-state index contributed by atoms with van der Waals surface area (Å²) in [5.41, 5.74) is 1.45. The van der Waals surface area contributed by atoms with Gasteiger partial charge in [0.05, 0.1) is 0 Å². The summed E-state index contributed by atoms with van der Waals surface area (Å²) in [5.74, 6) is 1.57. The molecule has 0 saturated carbocycles. The Balaban J connectivity index is 3.74. The summed E-state index contributed by atoms with van der Waals surface area (Å²) in [5, 5.41) is 0. The first-order valence-electron chi connectivity index (χ1n) is 8.93. The lowest BCUT2D eigenvalue weighted by atomic mass is 9.86. The Kier molecular flexibility index (Phi) is 12.8. The Bertz CT molecular complexity index is 278. The Labute approximate surface area is 134 Å². The maximum absolute atomic E-state index is 4.29. The molecule has 0 aromatic rings. The second-order valence-electron chi connectivity index (χ2n) is 7.01. The molecule has 2 atom stereocenters. The Hall–Kier alpha value is -0.560. The Morgan fingerprint density at radius 1 is 1.05 bits per heavy atom. The highest BCUT2D eigenvalue weighted by Gasteiger charge is 2.12. The van der Waals surface area contributed by atoms with E-state index in [0.29, 0.717) is 0 Å². The molecule has 1 heteroatoms. The lowest BCUT2D eigenvalue weighted by Gasteiger charge is -2.20. The zero-order valence-electron chi connectivity index (χ0n) is 15.3. The first-order chi connectivity index (χ1) is 9.97. The third-order valence-electron chi connectivity index (χ3n) is 4.38. The molecule has 0 aromatic carbocycles. The van der Waals surface area contributed by atoms with E-state index >= 15 is 0 Å². The summed E-state index contributed by atoms with van der Waals surface area (Å²) in [4.78, 5) is 2.26. The van der Waals surface area contributed by atoms with Crippen LogP contribution in [0.2, 0.25) is 0 Å². The van der Waals surface area contributed by atoms with Crippen LogP contribution < -0.4 is 0 Å². The number of hydrogen-bond donors (Lipinski definition) is 0. The van der Waals surface area contributed by atoms with Crippen molar-refractivity contribution in [2.75, 3.05) is 20.6 Å². The molecule has 21 heavy (non-hydrogen) atoms. The standard InChI is InChI=1S/C20H39N/c1-7-8-9-10-11-15-19(3)20(4)17-18(2)14-12-13-16-21(5)6/h9-10,19-20H,2,7-8,11-17H2,1,3-6H3/b10-9-. The largest absolute Gasteiger partial charge is 0.309 e.